The third-order valence-electron chi connectivity index (χ3n) is 3.89. The van der Waals surface area contributed by atoms with Crippen LogP contribution in [0, 0.1) is 0 Å². The number of aliphatic hydroxyl groups excluding tert-OH is 1. The number of hydrogen-bond donors (Lipinski definition) is 1. The van der Waals surface area contributed by atoms with Crippen molar-refractivity contribution in [1.82, 2.24) is 0 Å². The van der Waals surface area contributed by atoms with Gasteiger partial charge in [-0.15, -0.1) is 0 Å². The summed E-state index contributed by atoms with van der Waals surface area (Å²) in [5.41, 5.74) is 0. The lowest BCUT2D eigenvalue weighted by molar-refractivity contribution is -0.119. The number of Topliss-reactive ketones (excluding diaryl/α,β-unsaturated/α-hetero) is 1. The van der Waals surface area contributed by atoms with Crippen LogP contribution >= 0.6 is 0 Å². The third kappa shape index (κ3) is 15.7. The van der Waals surface area contributed by atoms with E-state index in [9.17, 15) is 4.79 Å². The van der Waals surface area contributed by atoms with Crippen LogP contribution in [-0.2, 0) is 4.79 Å². The van der Waals surface area contributed by atoms with E-state index in [0.29, 0.717) is 5.78 Å². The van der Waals surface area contributed by atoms with Crippen molar-refractivity contribution in [1.29, 1.82) is 0 Å². The Hall–Kier alpha value is -0.370. The Morgan fingerprint density at radius 2 is 1.25 bits per heavy atom. The highest BCUT2D eigenvalue weighted by Crippen LogP contribution is 2.12. The zero-order valence-electron chi connectivity index (χ0n) is 13.8. The molecule has 0 amide bonds. The lowest BCUT2D eigenvalue weighted by Crippen LogP contribution is -1.98. The maximum Gasteiger partial charge on any atom is 0.132 e. The molecule has 0 fully saturated rings. The Balaban J connectivity index is 3.15. The molecule has 0 saturated carbocycles. The molecule has 2 nitrogen and oxygen atoms in total. The fourth-order valence-corrected chi connectivity index (χ4v) is 2.52. The van der Waals surface area contributed by atoms with Crippen LogP contribution in [0.25, 0.3) is 0 Å². The highest BCUT2D eigenvalue weighted by atomic mass is 16.3. The van der Waals surface area contributed by atoms with E-state index >= 15 is 0 Å². The molecule has 0 aliphatic rings. The topological polar surface area (TPSA) is 37.3 Å². The van der Waals surface area contributed by atoms with E-state index in [1.807, 2.05) is 6.92 Å². The van der Waals surface area contributed by atoms with Crippen LogP contribution in [0.2, 0.25) is 0 Å². The summed E-state index contributed by atoms with van der Waals surface area (Å²) in [6, 6.07) is 0. The van der Waals surface area contributed by atoms with Gasteiger partial charge in [0.25, 0.3) is 0 Å². The van der Waals surface area contributed by atoms with Crippen molar-refractivity contribution in [2.45, 2.75) is 110 Å². The van der Waals surface area contributed by atoms with E-state index < -0.39 is 0 Å². The highest BCUT2D eigenvalue weighted by molar-refractivity contribution is 5.78. The van der Waals surface area contributed by atoms with Gasteiger partial charge in [0.2, 0.25) is 0 Å². The van der Waals surface area contributed by atoms with Gasteiger partial charge in [0.05, 0.1) is 6.10 Å². The monoisotopic (exact) mass is 284 g/mol. The number of unbranched alkanes of at least 4 members (excludes halogenated alkanes) is 9. The zero-order chi connectivity index (χ0) is 15.1. The average Bonchev–Trinajstić information content (AvgIpc) is 2.41. The van der Waals surface area contributed by atoms with Crippen LogP contribution in [0.15, 0.2) is 0 Å². The number of carbonyl (C=O) groups is 1. The molecule has 0 aromatic carbocycles. The van der Waals surface area contributed by atoms with E-state index in [2.05, 4.69) is 6.92 Å². The van der Waals surface area contributed by atoms with E-state index in [0.717, 1.165) is 38.5 Å². The molecule has 0 aliphatic heterocycles. The van der Waals surface area contributed by atoms with Gasteiger partial charge in [-0.1, -0.05) is 64.7 Å². The molecular formula is C18H36O2. The van der Waals surface area contributed by atoms with Crippen LogP contribution in [0.4, 0.5) is 0 Å². The minimum atomic E-state index is -0.148. The molecule has 2 heteroatoms. The first kappa shape index (κ1) is 19.6. The van der Waals surface area contributed by atoms with E-state index in [-0.39, 0.29) is 6.10 Å². The molecule has 1 unspecified atom stereocenters. The fraction of sp³-hybridized carbons (Fsp3) is 0.944. The Kier molecular flexibility index (Phi) is 14.7. The van der Waals surface area contributed by atoms with Gasteiger partial charge in [0, 0.05) is 12.8 Å². The second kappa shape index (κ2) is 15.0. The zero-order valence-corrected chi connectivity index (χ0v) is 13.8. The summed E-state index contributed by atoms with van der Waals surface area (Å²) >= 11 is 0. The largest absolute Gasteiger partial charge is 0.393 e. The molecule has 1 N–H and O–H groups in total. The molecule has 120 valence electrons. The number of carbonyl (C=O) groups excluding carboxylic acids is 1. The van der Waals surface area contributed by atoms with Gasteiger partial charge in [-0.25, -0.2) is 0 Å². The van der Waals surface area contributed by atoms with Crippen molar-refractivity contribution < 1.29 is 9.90 Å². The van der Waals surface area contributed by atoms with Crippen molar-refractivity contribution in [2.75, 3.05) is 0 Å². The maximum atomic E-state index is 11.7. The van der Waals surface area contributed by atoms with Crippen LogP contribution in [-0.4, -0.2) is 17.0 Å². The molecule has 0 radical (unpaired) electrons. The highest BCUT2D eigenvalue weighted by Gasteiger charge is 2.02. The van der Waals surface area contributed by atoms with Crippen LogP contribution < -0.4 is 0 Å². The van der Waals surface area contributed by atoms with E-state index in [1.165, 1.54) is 51.4 Å². The summed E-state index contributed by atoms with van der Waals surface area (Å²) in [6.07, 6.45) is 15.7. The van der Waals surface area contributed by atoms with Gasteiger partial charge in [-0.05, 0) is 26.2 Å². The van der Waals surface area contributed by atoms with Crippen LogP contribution in [0.5, 0.6) is 0 Å². The maximum absolute atomic E-state index is 11.7. The standard InChI is InChI=1S/C18H36O2/c1-3-4-5-8-12-15-18(20)16-13-10-7-6-9-11-14-17(2)19/h17,19H,3-16H2,1-2H3. The number of aliphatic hydroxyl groups is 1. The normalized spacial score (nSPS) is 12.6. The van der Waals surface area contributed by atoms with Gasteiger partial charge in [0.15, 0.2) is 0 Å². The summed E-state index contributed by atoms with van der Waals surface area (Å²) in [4.78, 5) is 11.7. The van der Waals surface area contributed by atoms with Gasteiger partial charge in [0.1, 0.15) is 5.78 Å². The first-order chi connectivity index (χ1) is 9.66. The smallest absolute Gasteiger partial charge is 0.132 e. The molecule has 0 aliphatic carbocycles. The van der Waals surface area contributed by atoms with Crippen molar-refractivity contribution in [3.05, 3.63) is 0 Å². The van der Waals surface area contributed by atoms with Crippen molar-refractivity contribution in [3.63, 3.8) is 0 Å². The van der Waals surface area contributed by atoms with E-state index in [1.54, 1.807) is 0 Å². The molecule has 0 spiro atoms. The molecule has 0 aromatic heterocycles. The Morgan fingerprint density at radius 3 is 1.75 bits per heavy atom. The minimum Gasteiger partial charge on any atom is -0.393 e. The SMILES string of the molecule is CCCCCCCC(=O)CCCCCCCCC(C)O. The van der Waals surface area contributed by atoms with Crippen molar-refractivity contribution in [2.24, 2.45) is 0 Å². The molecule has 0 rings (SSSR count). The average molecular weight is 284 g/mol. The Bertz CT molecular complexity index is 211. The second-order valence-corrected chi connectivity index (χ2v) is 6.21. The first-order valence-electron chi connectivity index (χ1n) is 8.86. The summed E-state index contributed by atoms with van der Waals surface area (Å²) in [6.45, 7) is 4.07. The second-order valence-electron chi connectivity index (χ2n) is 6.21. The minimum absolute atomic E-state index is 0.148. The van der Waals surface area contributed by atoms with Gasteiger partial charge in [-0.3, -0.25) is 4.79 Å². The summed E-state index contributed by atoms with van der Waals surface area (Å²) in [7, 11) is 0. The fourth-order valence-electron chi connectivity index (χ4n) is 2.52. The van der Waals surface area contributed by atoms with Crippen LogP contribution in [0.1, 0.15) is 104 Å². The predicted octanol–water partition coefficient (Wildman–Crippen LogP) is 5.42. The lowest BCUT2D eigenvalue weighted by Gasteiger charge is -2.04. The van der Waals surface area contributed by atoms with Gasteiger partial charge in [-0.2, -0.15) is 0 Å². The van der Waals surface area contributed by atoms with Crippen molar-refractivity contribution >= 4 is 5.78 Å². The molecule has 0 aromatic rings. The first-order valence-corrected chi connectivity index (χ1v) is 8.86. The van der Waals surface area contributed by atoms with E-state index in [4.69, 9.17) is 5.11 Å². The molecule has 0 saturated heterocycles. The summed E-state index contributed by atoms with van der Waals surface area (Å²) in [5.74, 6) is 0.468. The summed E-state index contributed by atoms with van der Waals surface area (Å²) in [5, 5.41) is 9.14. The Morgan fingerprint density at radius 1 is 0.800 bits per heavy atom. The molecule has 1 atom stereocenters. The number of hydrogen-bond acceptors (Lipinski definition) is 2. The Labute approximate surface area is 126 Å². The quantitative estimate of drug-likeness (QED) is 0.408. The van der Waals surface area contributed by atoms with Crippen LogP contribution in [0.3, 0.4) is 0 Å². The molecular weight excluding hydrogens is 248 g/mol. The van der Waals surface area contributed by atoms with Gasteiger partial charge >= 0.3 is 0 Å². The number of ketones is 1. The lowest BCUT2D eigenvalue weighted by atomic mass is 10.0. The molecule has 0 bridgehead atoms. The molecule has 0 heterocycles. The van der Waals surface area contributed by atoms with Crippen molar-refractivity contribution in [3.8, 4) is 0 Å². The predicted molar refractivity (Wildman–Crippen MR) is 87.0 cm³/mol. The molecule has 20 heavy (non-hydrogen) atoms. The third-order valence-corrected chi connectivity index (χ3v) is 3.89. The van der Waals surface area contributed by atoms with Gasteiger partial charge < -0.3 is 5.11 Å². The number of rotatable bonds is 15. The summed E-state index contributed by atoms with van der Waals surface area (Å²) < 4.78 is 0.